The number of nitrogens with zero attached hydrogens (tertiary/aromatic N) is 1. The Bertz CT molecular complexity index is 853. The molecule has 1 aliphatic heterocycles. The topological polar surface area (TPSA) is 69.3 Å². The van der Waals surface area contributed by atoms with E-state index in [4.69, 9.17) is 18.9 Å². The zero-order chi connectivity index (χ0) is 20.8. The van der Waals surface area contributed by atoms with Gasteiger partial charge in [-0.2, -0.15) is 0 Å². The van der Waals surface area contributed by atoms with Gasteiger partial charge in [-0.05, 0) is 49.2 Å². The van der Waals surface area contributed by atoms with Crippen LogP contribution < -0.4 is 24.3 Å². The molecule has 29 heavy (non-hydrogen) atoms. The number of hydrogen-bond donors (Lipinski definition) is 1. The normalized spacial score (nSPS) is 13.1. The van der Waals surface area contributed by atoms with E-state index in [0.717, 1.165) is 22.6 Å². The molecule has 3 rings (SSSR count). The third kappa shape index (κ3) is 5.32. The van der Waals surface area contributed by atoms with E-state index in [0.29, 0.717) is 31.2 Å². The van der Waals surface area contributed by atoms with Crippen LogP contribution in [0.25, 0.3) is 0 Å². The van der Waals surface area contributed by atoms with E-state index in [9.17, 15) is 4.79 Å². The number of carbonyl (C=O) groups is 1. The summed E-state index contributed by atoms with van der Waals surface area (Å²) in [6, 6.07) is 11.7. The second-order valence-corrected chi connectivity index (χ2v) is 7.00. The molecule has 2 aromatic rings. The summed E-state index contributed by atoms with van der Waals surface area (Å²) in [5.41, 5.74) is 2.18. The molecule has 0 saturated heterocycles. The highest BCUT2D eigenvalue weighted by Gasteiger charge is 2.19. The van der Waals surface area contributed by atoms with Crippen LogP contribution in [0, 0.1) is 0 Å². The fraction of sp³-hybridized carbons (Fsp3) is 0.409. The summed E-state index contributed by atoms with van der Waals surface area (Å²) >= 11 is 0. The van der Waals surface area contributed by atoms with Gasteiger partial charge in [0, 0.05) is 27.2 Å². The molecule has 1 aliphatic rings. The number of hydrogen-bond acceptors (Lipinski definition) is 6. The molecule has 0 aliphatic carbocycles. The molecule has 7 nitrogen and oxygen atoms in total. The minimum atomic E-state index is -0.584. The molecule has 0 unspecified atom stereocenters. The van der Waals surface area contributed by atoms with Crippen molar-refractivity contribution in [1.29, 1.82) is 0 Å². The SMILES string of the molecule is CCOc1cc(CNCc2ccc3c(c2)OCO3)ccc1O[C@H](C)C(=O)N(C)C. The Balaban J connectivity index is 1.61. The van der Waals surface area contributed by atoms with Gasteiger partial charge in [0.25, 0.3) is 5.91 Å². The molecule has 0 bridgehead atoms. The molecular formula is C22H28N2O5. The molecule has 0 fully saturated rings. The van der Waals surface area contributed by atoms with Crippen molar-refractivity contribution in [2.75, 3.05) is 27.5 Å². The van der Waals surface area contributed by atoms with Crippen LogP contribution in [0.5, 0.6) is 23.0 Å². The van der Waals surface area contributed by atoms with Crippen LogP contribution in [0.4, 0.5) is 0 Å². The minimum Gasteiger partial charge on any atom is -0.490 e. The molecule has 0 radical (unpaired) electrons. The molecule has 0 spiro atoms. The standard InChI is InChI=1S/C22H28N2O5/c1-5-26-21-11-17(7-9-19(21)29-15(2)22(25)24(3)4)13-23-12-16-6-8-18-20(10-16)28-14-27-18/h6-11,15,23H,5,12-14H2,1-4H3/t15-/m1/s1. The second-order valence-electron chi connectivity index (χ2n) is 7.00. The average Bonchev–Trinajstić information content (AvgIpc) is 3.17. The molecule has 1 heterocycles. The molecular weight excluding hydrogens is 372 g/mol. The van der Waals surface area contributed by atoms with E-state index in [1.165, 1.54) is 4.90 Å². The maximum absolute atomic E-state index is 12.1. The number of likely N-dealkylation sites (N-methyl/N-ethyl adjacent to an activating group) is 1. The Morgan fingerprint density at radius 2 is 1.76 bits per heavy atom. The number of ether oxygens (including phenoxy) is 4. The van der Waals surface area contributed by atoms with Gasteiger partial charge in [-0.25, -0.2) is 0 Å². The molecule has 1 atom stereocenters. The molecule has 1 amide bonds. The molecule has 2 aromatic carbocycles. The van der Waals surface area contributed by atoms with Gasteiger partial charge in [0.15, 0.2) is 29.1 Å². The lowest BCUT2D eigenvalue weighted by Crippen LogP contribution is -2.35. The van der Waals surface area contributed by atoms with E-state index in [-0.39, 0.29) is 12.7 Å². The zero-order valence-electron chi connectivity index (χ0n) is 17.4. The van der Waals surface area contributed by atoms with Crippen molar-refractivity contribution in [2.45, 2.75) is 33.0 Å². The quantitative estimate of drug-likeness (QED) is 0.698. The van der Waals surface area contributed by atoms with Crippen molar-refractivity contribution < 1.29 is 23.7 Å². The summed E-state index contributed by atoms with van der Waals surface area (Å²) in [5.74, 6) is 2.67. The lowest BCUT2D eigenvalue weighted by molar-refractivity contribution is -0.135. The van der Waals surface area contributed by atoms with Gasteiger partial charge in [-0.15, -0.1) is 0 Å². The van der Waals surface area contributed by atoms with E-state index < -0.39 is 6.10 Å². The largest absolute Gasteiger partial charge is 0.490 e. The zero-order valence-corrected chi connectivity index (χ0v) is 17.4. The predicted octanol–water partition coefficient (Wildman–Crippen LogP) is 2.96. The van der Waals surface area contributed by atoms with E-state index in [1.54, 1.807) is 21.0 Å². The Morgan fingerprint density at radius 3 is 2.48 bits per heavy atom. The summed E-state index contributed by atoms with van der Waals surface area (Å²) in [6.45, 7) is 5.82. The van der Waals surface area contributed by atoms with Crippen molar-refractivity contribution >= 4 is 5.91 Å². The highest BCUT2D eigenvalue weighted by atomic mass is 16.7. The van der Waals surface area contributed by atoms with Crippen LogP contribution in [0.3, 0.4) is 0 Å². The molecule has 0 aromatic heterocycles. The molecule has 7 heteroatoms. The third-order valence-electron chi connectivity index (χ3n) is 4.50. The van der Waals surface area contributed by atoms with Crippen molar-refractivity contribution in [1.82, 2.24) is 10.2 Å². The van der Waals surface area contributed by atoms with Gasteiger partial charge >= 0.3 is 0 Å². The number of amides is 1. The summed E-state index contributed by atoms with van der Waals surface area (Å²) in [4.78, 5) is 13.6. The van der Waals surface area contributed by atoms with E-state index >= 15 is 0 Å². The van der Waals surface area contributed by atoms with Crippen molar-refractivity contribution in [2.24, 2.45) is 0 Å². The number of carbonyl (C=O) groups excluding carboxylic acids is 1. The van der Waals surface area contributed by atoms with Crippen LogP contribution in [-0.2, 0) is 17.9 Å². The van der Waals surface area contributed by atoms with Crippen LogP contribution in [0.2, 0.25) is 0 Å². The summed E-state index contributed by atoms with van der Waals surface area (Å²) in [6.07, 6.45) is -0.584. The van der Waals surface area contributed by atoms with Gasteiger partial charge in [-0.1, -0.05) is 12.1 Å². The van der Waals surface area contributed by atoms with Gasteiger partial charge in [0.1, 0.15) is 0 Å². The maximum atomic E-state index is 12.1. The first-order chi connectivity index (χ1) is 14.0. The molecule has 0 saturated carbocycles. The highest BCUT2D eigenvalue weighted by Crippen LogP contribution is 2.32. The Kier molecular flexibility index (Phi) is 6.82. The second kappa shape index (κ2) is 9.52. The summed E-state index contributed by atoms with van der Waals surface area (Å²) < 4.78 is 22.3. The molecule has 1 N–H and O–H groups in total. The highest BCUT2D eigenvalue weighted by molar-refractivity contribution is 5.80. The van der Waals surface area contributed by atoms with Crippen LogP contribution in [-0.4, -0.2) is 44.4 Å². The first-order valence-electron chi connectivity index (χ1n) is 9.70. The lowest BCUT2D eigenvalue weighted by Gasteiger charge is -2.20. The van der Waals surface area contributed by atoms with E-state index in [2.05, 4.69) is 5.32 Å². The van der Waals surface area contributed by atoms with Crippen molar-refractivity contribution in [3.8, 4) is 23.0 Å². The first-order valence-corrected chi connectivity index (χ1v) is 9.70. The maximum Gasteiger partial charge on any atom is 0.262 e. The summed E-state index contributed by atoms with van der Waals surface area (Å²) in [5, 5.41) is 3.42. The van der Waals surface area contributed by atoms with Gasteiger partial charge in [0.05, 0.1) is 6.61 Å². The Morgan fingerprint density at radius 1 is 1.07 bits per heavy atom. The van der Waals surface area contributed by atoms with Crippen molar-refractivity contribution in [3.05, 3.63) is 47.5 Å². The monoisotopic (exact) mass is 400 g/mol. The number of benzene rings is 2. The fourth-order valence-electron chi connectivity index (χ4n) is 3.03. The number of rotatable bonds is 9. The minimum absolute atomic E-state index is 0.0954. The van der Waals surface area contributed by atoms with Gasteiger partial charge in [-0.3, -0.25) is 4.79 Å². The Hall–Kier alpha value is -2.93. The van der Waals surface area contributed by atoms with Gasteiger partial charge < -0.3 is 29.2 Å². The predicted molar refractivity (Wildman–Crippen MR) is 110 cm³/mol. The lowest BCUT2D eigenvalue weighted by atomic mass is 10.1. The third-order valence-corrected chi connectivity index (χ3v) is 4.50. The Labute approximate surface area is 171 Å². The number of nitrogens with one attached hydrogen (secondary N) is 1. The molecule has 156 valence electrons. The van der Waals surface area contributed by atoms with Crippen LogP contribution in [0.15, 0.2) is 36.4 Å². The fourth-order valence-corrected chi connectivity index (χ4v) is 3.03. The number of fused-ring (bicyclic) bond motifs is 1. The first kappa shape index (κ1) is 20.8. The average molecular weight is 400 g/mol. The smallest absolute Gasteiger partial charge is 0.262 e. The summed E-state index contributed by atoms with van der Waals surface area (Å²) in [7, 11) is 3.42. The van der Waals surface area contributed by atoms with Crippen molar-refractivity contribution in [3.63, 3.8) is 0 Å². The van der Waals surface area contributed by atoms with Gasteiger partial charge in [0.2, 0.25) is 6.79 Å². The van der Waals surface area contributed by atoms with Crippen LogP contribution >= 0.6 is 0 Å². The van der Waals surface area contributed by atoms with E-state index in [1.807, 2.05) is 43.3 Å². The van der Waals surface area contributed by atoms with Crippen LogP contribution in [0.1, 0.15) is 25.0 Å².